The lowest BCUT2D eigenvalue weighted by molar-refractivity contribution is -0.138. The second-order valence-corrected chi connectivity index (χ2v) is 8.95. The van der Waals surface area contributed by atoms with Gasteiger partial charge in [0, 0.05) is 63.9 Å². The third-order valence-electron chi connectivity index (χ3n) is 6.90. The summed E-state index contributed by atoms with van der Waals surface area (Å²) < 4.78 is 11.2. The minimum atomic E-state index is -0.147. The molecule has 2 atom stereocenters. The molecule has 0 bridgehead atoms. The Labute approximate surface area is 173 Å². The summed E-state index contributed by atoms with van der Waals surface area (Å²) in [6, 6.07) is 10.3. The third-order valence-corrected chi connectivity index (χ3v) is 6.90. The number of carbonyl (C=O) groups excluding carboxylic acids is 1. The minimum Gasteiger partial charge on any atom is -0.396 e. The summed E-state index contributed by atoms with van der Waals surface area (Å²) >= 11 is 0. The maximum atomic E-state index is 12.9. The molecule has 3 aliphatic heterocycles. The Balaban J connectivity index is 1.20. The van der Waals surface area contributed by atoms with E-state index in [1.807, 2.05) is 23.1 Å². The van der Waals surface area contributed by atoms with Crippen LogP contribution in [-0.2, 0) is 20.9 Å². The topological polar surface area (TPSA) is 62.2 Å². The Bertz CT molecular complexity index is 664. The molecule has 1 N–H and O–H groups in total. The Morgan fingerprint density at radius 2 is 1.97 bits per heavy atom. The van der Waals surface area contributed by atoms with Crippen molar-refractivity contribution < 1.29 is 19.4 Å². The zero-order valence-corrected chi connectivity index (χ0v) is 17.3. The van der Waals surface area contributed by atoms with E-state index in [0.29, 0.717) is 32.3 Å². The van der Waals surface area contributed by atoms with Gasteiger partial charge >= 0.3 is 0 Å². The van der Waals surface area contributed by atoms with Crippen molar-refractivity contribution in [3.05, 3.63) is 35.9 Å². The first-order valence-corrected chi connectivity index (χ1v) is 11.0. The molecule has 6 heteroatoms. The van der Waals surface area contributed by atoms with E-state index in [9.17, 15) is 9.90 Å². The number of amides is 1. The van der Waals surface area contributed by atoms with Gasteiger partial charge in [-0.2, -0.15) is 0 Å². The van der Waals surface area contributed by atoms with Crippen molar-refractivity contribution in [3.63, 3.8) is 0 Å². The van der Waals surface area contributed by atoms with Crippen molar-refractivity contribution in [2.24, 2.45) is 17.3 Å². The molecule has 160 valence electrons. The number of hydrogen-bond donors (Lipinski definition) is 1. The highest BCUT2D eigenvalue weighted by molar-refractivity contribution is 5.79. The fraction of sp³-hybridized carbons (Fsp3) is 0.696. The normalized spacial score (nSPS) is 28.0. The summed E-state index contributed by atoms with van der Waals surface area (Å²) in [4.78, 5) is 17.4. The molecule has 4 rings (SSSR count). The zero-order valence-electron chi connectivity index (χ0n) is 17.3. The van der Waals surface area contributed by atoms with Crippen LogP contribution in [0, 0.1) is 17.3 Å². The number of rotatable bonds is 8. The lowest BCUT2D eigenvalue weighted by atomic mass is 9.82. The largest absolute Gasteiger partial charge is 0.396 e. The fourth-order valence-electron chi connectivity index (χ4n) is 5.21. The van der Waals surface area contributed by atoms with Crippen LogP contribution in [0.3, 0.4) is 0 Å². The SMILES string of the molecule is O=C(C1CCOCC1)N1CC2CN(CCCOCc3ccccc3)CC2(CO)C1. The van der Waals surface area contributed by atoms with Crippen LogP contribution in [0.4, 0.5) is 0 Å². The van der Waals surface area contributed by atoms with Crippen LogP contribution in [0.25, 0.3) is 0 Å². The molecule has 3 saturated heterocycles. The Kier molecular flexibility index (Phi) is 6.85. The van der Waals surface area contributed by atoms with Crippen LogP contribution in [0.1, 0.15) is 24.8 Å². The van der Waals surface area contributed by atoms with Crippen molar-refractivity contribution in [1.82, 2.24) is 9.80 Å². The first kappa shape index (κ1) is 20.8. The maximum Gasteiger partial charge on any atom is 0.225 e. The number of fused-ring (bicyclic) bond motifs is 1. The molecular formula is C23H34N2O4. The van der Waals surface area contributed by atoms with Crippen LogP contribution < -0.4 is 0 Å². The van der Waals surface area contributed by atoms with Crippen molar-refractivity contribution in [2.45, 2.75) is 25.9 Å². The van der Waals surface area contributed by atoms with Gasteiger partial charge in [0.2, 0.25) is 5.91 Å². The van der Waals surface area contributed by atoms with Gasteiger partial charge < -0.3 is 24.4 Å². The lowest BCUT2D eigenvalue weighted by Crippen LogP contribution is -2.42. The van der Waals surface area contributed by atoms with Crippen molar-refractivity contribution in [2.75, 3.05) is 59.2 Å². The van der Waals surface area contributed by atoms with Crippen molar-refractivity contribution in [3.8, 4) is 0 Å². The molecule has 1 amide bonds. The van der Waals surface area contributed by atoms with Gasteiger partial charge in [0.25, 0.3) is 0 Å². The smallest absolute Gasteiger partial charge is 0.225 e. The quantitative estimate of drug-likeness (QED) is 0.672. The number of aliphatic hydroxyl groups excluding tert-OH is 1. The Morgan fingerprint density at radius 1 is 1.17 bits per heavy atom. The summed E-state index contributed by atoms with van der Waals surface area (Å²) in [6.07, 6.45) is 2.66. The molecule has 3 heterocycles. The number of ether oxygens (including phenoxy) is 2. The molecule has 1 aromatic rings. The van der Waals surface area contributed by atoms with Gasteiger partial charge in [0.1, 0.15) is 0 Å². The predicted octanol–water partition coefficient (Wildman–Crippen LogP) is 1.77. The molecule has 0 radical (unpaired) electrons. The van der Waals surface area contributed by atoms with Crippen LogP contribution in [0.5, 0.6) is 0 Å². The summed E-state index contributed by atoms with van der Waals surface area (Å²) in [5.41, 5.74) is 1.06. The molecule has 0 aliphatic carbocycles. The van der Waals surface area contributed by atoms with E-state index in [4.69, 9.17) is 9.47 Å². The number of nitrogens with zero attached hydrogens (tertiary/aromatic N) is 2. The van der Waals surface area contributed by atoms with E-state index in [2.05, 4.69) is 17.0 Å². The molecule has 29 heavy (non-hydrogen) atoms. The van der Waals surface area contributed by atoms with Gasteiger partial charge in [-0.3, -0.25) is 4.79 Å². The van der Waals surface area contributed by atoms with E-state index < -0.39 is 0 Å². The van der Waals surface area contributed by atoms with Gasteiger partial charge in [0.15, 0.2) is 0 Å². The molecular weight excluding hydrogens is 368 g/mol. The third kappa shape index (κ3) is 4.82. The van der Waals surface area contributed by atoms with Gasteiger partial charge in [-0.15, -0.1) is 0 Å². The molecule has 3 aliphatic rings. The highest BCUT2D eigenvalue weighted by Gasteiger charge is 2.53. The number of carbonyl (C=O) groups is 1. The van der Waals surface area contributed by atoms with Crippen LogP contribution in [0.15, 0.2) is 30.3 Å². The molecule has 0 aromatic heterocycles. The molecule has 2 unspecified atom stereocenters. The van der Waals surface area contributed by atoms with E-state index in [1.165, 1.54) is 5.56 Å². The van der Waals surface area contributed by atoms with Crippen LogP contribution in [-0.4, -0.2) is 80.0 Å². The Hall–Kier alpha value is -1.47. The summed E-state index contributed by atoms with van der Waals surface area (Å²) in [5, 5.41) is 10.2. The fourth-order valence-corrected chi connectivity index (χ4v) is 5.21. The number of likely N-dealkylation sites (tertiary alicyclic amines) is 2. The second-order valence-electron chi connectivity index (χ2n) is 8.95. The summed E-state index contributed by atoms with van der Waals surface area (Å²) in [7, 11) is 0. The van der Waals surface area contributed by atoms with Gasteiger partial charge in [-0.05, 0) is 30.7 Å². The standard InChI is InChI=1S/C23H34N2O4/c26-18-23-16-24(9-4-10-29-15-19-5-2-1-3-6-19)13-21(23)14-25(17-23)22(27)20-7-11-28-12-8-20/h1-3,5-6,20-21,26H,4,7-18H2. The zero-order chi connectivity index (χ0) is 20.1. The molecule has 0 spiro atoms. The number of hydrogen-bond acceptors (Lipinski definition) is 5. The van der Waals surface area contributed by atoms with E-state index >= 15 is 0 Å². The number of aliphatic hydroxyl groups is 1. The van der Waals surface area contributed by atoms with Gasteiger partial charge in [0.05, 0.1) is 13.2 Å². The van der Waals surface area contributed by atoms with Gasteiger partial charge in [-0.25, -0.2) is 0 Å². The highest BCUT2D eigenvalue weighted by atomic mass is 16.5. The highest BCUT2D eigenvalue weighted by Crippen LogP contribution is 2.42. The maximum absolute atomic E-state index is 12.9. The Morgan fingerprint density at radius 3 is 2.69 bits per heavy atom. The van der Waals surface area contributed by atoms with Crippen LogP contribution >= 0.6 is 0 Å². The van der Waals surface area contributed by atoms with Crippen molar-refractivity contribution in [1.29, 1.82) is 0 Å². The lowest BCUT2D eigenvalue weighted by Gasteiger charge is -2.30. The first-order valence-electron chi connectivity index (χ1n) is 11.0. The second kappa shape index (κ2) is 9.56. The average Bonchev–Trinajstić information content (AvgIpc) is 3.29. The van der Waals surface area contributed by atoms with E-state index in [1.54, 1.807) is 0 Å². The molecule has 0 saturated carbocycles. The summed E-state index contributed by atoms with van der Waals surface area (Å²) in [5.74, 6) is 0.758. The predicted molar refractivity (Wildman–Crippen MR) is 110 cm³/mol. The number of benzene rings is 1. The monoisotopic (exact) mass is 402 g/mol. The molecule has 6 nitrogen and oxygen atoms in total. The molecule has 1 aromatic carbocycles. The summed E-state index contributed by atoms with van der Waals surface area (Å²) in [6.45, 7) is 7.28. The van der Waals surface area contributed by atoms with Crippen molar-refractivity contribution >= 4 is 5.91 Å². The van der Waals surface area contributed by atoms with E-state index in [0.717, 1.165) is 52.0 Å². The van der Waals surface area contributed by atoms with E-state index in [-0.39, 0.29) is 23.8 Å². The van der Waals surface area contributed by atoms with Gasteiger partial charge in [-0.1, -0.05) is 30.3 Å². The minimum absolute atomic E-state index is 0.108. The van der Waals surface area contributed by atoms with Crippen LogP contribution in [0.2, 0.25) is 0 Å². The average molecular weight is 403 g/mol. The molecule has 3 fully saturated rings. The first-order chi connectivity index (χ1) is 14.2.